The number of allylic oxidation sites excluding steroid dienone is 1. The molecule has 2 bridgehead atoms. The molecule has 0 aliphatic carbocycles. The van der Waals surface area contributed by atoms with Crippen LogP contribution < -0.4 is 5.56 Å². The van der Waals surface area contributed by atoms with Crippen LogP contribution in [0.2, 0.25) is 0 Å². The lowest BCUT2D eigenvalue weighted by atomic mass is 9.94. The average molecular weight is 343 g/mol. The molecular formula is C19H25N3O3. The Hall–Kier alpha value is -2.37. The molecule has 0 unspecified atom stereocenters. The standard InChI is InChI=1S/C19H25N3O3/c1-14(2)8-10-22-16-7-6-15(19(22)25)11-21(12-16)18(24)13-20-9-4-3-5-17(20)23/h3-5,8-9,15-16H,6-7,10-13H2,1-2H3/t15-,16+/m0/s1. The van der Waals surface area contributed by atoms with E-state index in [0.29, 0.717) is 19.6 Å². The number of hydrogen-bond donors (Lipinski definition) is 0. The number of aromatic nitrogens is 1. The van der Waals surface area contributed by atoms with Crippen LogP contribution in [0.1, 0.15) is 26.7 Å². The molecule has 0 spiro atoms. The zero-order valence-corrected chi connectivity index (χ0v) is 14.9. The number of fused-ring (bicyclic) bond motifs is 4. The minimum Gasteiger partial charge on any atom is -0.338 e. The van der Waals surface area contributed by atoms with Gasteiger partial charge in [0.1, 0.15) is 6.54 Å². The highest BCUT2D eigenvalue weighted by Crippen LogP contribution is 2.29. The normalized spacial score (nSPS) is 22.7. The van der Waals surface area contributed by atoms with E-state index in [1.165, 1.54) is 16.2 Å². The van der Waals surface area contributed by atoms with Gasteiger partial charge in [-0.25, -0.2) is 0 Å². The summed E-state index contributed by atoms with van der Waals surface area (Å²) in [5.74, 6) is -0.0660. The van der Waals surface area contributed by atoms with Gasteiger partial charge in [-0.1, -0.05) is 17.7 Å². The predicted octanol–water partition coefficient (Wildman–Crippen LogP) is 1.26. The van der Waals surface area contributed by atoms with Crippen LogP contribution in [-0.2, 0) is 16.1 Å². The van der Waals surface area contributed by atoms with Gasteiger partial charge in [0.15, 0.2) is 0 Å². The summed E-state index contributed by atoms with van der Waals surface area (Å²) < 4.78 is 1.41. The molecule has 3 saturated heterocycles. The van der Waals surface area contributed by atoms with Gasteiger partial charge in [0.25, 0.3) is 5.56 Å². The molecule has 0 N–H and O–H groups in total. The molecule has 134 valence electrons. The fraction of sp³-hybridized carbons (Fsp3) is 0.526. The highest BCUT2D eigenvalue weighted by Gasteiger charge is 2.41. The first-order valence-corrected chi connectivity index (χ1v) is 8.83. The van der Waals surface area contributed by atoms with Crippen molar-refractivity contribution in [3.8, 4) is 0 Å². The molecule has 4 heterocycles. The van der Waals surface area contributed by atoms with Crippen LogP contribution in [0.25, 0.3) is 0 Å². The van der Waals surface area contributed by atoms with Gasteiger partial charge in [-0.05, 0) is 32.8 Å². The van der Waals surface area contributed by atoms with Crippen molar-refractivity contribution < 1.29 is 9.59 Å². The van der Waals surface area contributed by atoms with Gasteiger partial charge < -0.3 is 14.4 Å². The Balaban J connectivity index is 1.74. The Morgan fingerprint density at radius 1 is 1.20 bits per heavy atom. The van der Waals surface area contributed by atoms with Gasteiger partial charge in [-0.15, -0.1) is 0 Å². The molecule has 6 heteroatoms. The maximum absolute atomic E-state index is 12.7. The van der Waals surface area contributed by atoms with E-state index in [0.717, 1.165) is 12.8 Å². The van der Waals surface area contributed by atoms with Crippen molar-refractivity contribution in [2.75, 3.05) is 19.6 Å². The average Bonchev–Trinajstić information content (AvgIpc) is 2.86. The number of carbonyl (C=O) groups is 2. The summed E-state index contributed by atoms with van der Waals surface area (Å²) in [5.41, 5.74) is 0.999. The van der Waals surface area contributed by atoms with Crippen LogP contribution in [0.15, 0.2) is 40.8 Å². The predicted molar refractivity (Wildman–Crippen MR) is 94.9 cm³/mol. The van der Waals surface area contributed by atoms with Crippen molar-refractivity contribution in [1.29, 1.82) is 0 Å². The summed E-state index contributed by atoms with van der Waals surface area (Å²) in [6.07, 6.45) is 5.46. The van der Waals surface area contributed by atoms with Crippen molar-refractivity contribution in [2.24, 2.45) is 5.92 Å². The summed E-state index contributed by atoms with van der Waals surface area (Å²) >= 11 is 0. The highest BCUT2D eigenvalue weighted by molar-refractivity contribution is 5.83. The van der Waals surface area contributed by atoms with E-state index in [2.05, 4.69) is 6.08 Å². The van der Waals surface area contributed by atoms with Crippen molar-refractivity contribution in [2.45, 2.75) is 39.3 Å². The molecule has 3 fully saturated rings. The molecule has 3 aliphatic rings. The summed E-state index contributed by atoms with van der Waals surface area (Å²) in [4.78, 5) is 40.9. The lowest BCUT2D eigenvalue weighted by Gasteiger charge is -2.35. The van der Waals surface area contributed by atoms with Gasteiger partial charge in [0, 0.05) is 37.9 Å². The summed E-state index contributed by atoms with van der Waals surface area (Å²) in [5, 5.41) is 0. The van der Waals surface area contributed by atoms with Crippen LogP contribution in [0.3, 0.4) is 0 Å². The zero-order valence-electron chi connectivity index (χ0n) is 14.9. The van der Waals surface area contributed by atoms with E-state index >= 15 is 0 Å². The molecule has 2 amide bonds. The van der Waals surface area contributed by atoms with Gasteiger partial charge in [0.05, 0.1) is 5.92 Å². The first kappa shape index (κ1) is 17.5. The molecular weight excluding hydrogens is 318 g/mol. The second-order valence-corrected chi connectivity index (χ2v) is 7.17. The van der Waals surface area contributed by atoms with Crippen LogP contribution in [0.4, 0.5) is 0 Å². The Labute approximate surface area is 147 Å². The molecule has 1 aromatic heterocycles. The number of piperidine rings is 1. The minimum absolute atomic E-state index is 0.0290. The largest absolute Gasteiger partial charge is 0.338 e. The van der Waals surface area contributed by atoms with Crippen LogP contribution in [-0.4, -0.2) is 51.9 Å². The Bertz CT molecular complexity index is 748. The van der Waals surface area contributed by atoms with Gasteiger partial charge in [-0.2, -0.15) is 0 Å². The molecule has 25 heavy (non-hydrogen) atoms. The van der Waals surface area contributed by atoms with E-state index in [1.807, 2.05) is 18.7 Å². The van der Waals surface area contributed by atoms with Crippen LogP contribution in [0, 0.1) is 5.92 Å². The Morgan fingerprint density at radius 3 is 2.72 bits per heavy atom. The van der Waals surface area contributed by atoms with Crippen molar-refractivity contribution in [3.05, 3.63) is 46.4 Å². The maximum Gasteiger partial charge on any atom is 0.250 e. The van der Waals surface area contributed by atoms with E-state index in [9.17, 15) is 14.4 Å². The molecule has 0 radical (unpaired) electrons. The summed E-state index contributed by atoms with van der Waals surface area (Å²) in [6, 6.07) is 4.92. The number of nitrogens with zero attached hydrogens (tertiary/aromatic N) is 3. The number of carbonyl (C=O) groups excluding carboxylic acids is 2. The molecule has 0 saturated carbocycles. The Morgan fingerprint density at radius 2 is 2.00 bits per heavy atom. The maximum atomic E-state index is 12.7. The van der Waals surface area contributed by atoms with Gasteiger partial charge in [0.2, 0.25) is 11.8 Å². The van der Waals surface area contributed by atoms with Gasteiger partial charge in [-0.3, -0.25) is 14.4 Å². The lowest BCUT2D eigenvalue weighted by Crippen LogP contribution is -2.48. The third-order valence-corrected chi connectivity index (χ3v) is 5.05. The van der Waals surface area contributed by atoms with Gasteiger partial charge >= 0.3 is 0 Å². The number of pyridine rings is 1. The number of hydrogen-bond acceptors (Lipinski definition) is 3. The molecule has 2 atom stereocenters. The zero-order chi connectivity index (χ0) is 18.0. The first-order chi connectivity index (χ1) is 12.0. The topological polar surface area (TPSA) is 62.6 Å². The number of rotatable bonds is 4. The second kappa shape index (κ2) is 7.25. The third-order valence-electron chi connectivity index (χ3n) is 5.05. The van der Waals surface area contributed by atoms with Crippen molar-refractivity contribution >= 4 is 11.8 Å². The third kappa shape index (κ3) is 3.83. The molecule has 3 aliphatic heterocycles. The summed E-state index contributed by atoms with van der Waals surface area (Å²) in [6.45, 7) is 5.70. The minimum atomic E-state index is -0.185. The SMILES string of the molecule is CC(C)=CCN1C(=O)[C@H]2CC[C@@H]1CN(C(=O)Cn1ccccc1=O)C2. The molecule has 0 aromatic carbocycles. The molecule has 4 rings (SSSR count). The fourth-order valence-corrected chi connectivity index (χ4v) is 3.60. The van der Waals surface area contributed by atoms with E-state index in [4.69, 9.17) is 0 Å². The summed E-state index contributed by atoms with van der Waals surface area (Å²) in [7, 11) is 0. The van der Waals surface area contributed by atoms with Crippen molar-refractivity contribution in [1.82, 2.24) is 14.4 Å². The monoisotopic (exact) mass is 343 g/mol. The van der Waals surface area contributed by atoms with E-state index in [-0.39, 0.29) is 35.9 Å². The van der Waals surface area contributed by atoms with Crippen LogP contribution >= 0.6 is 0 Å². The van der Waals surface area contributed by atoms with E-state index in [1.54, 1.807) is 23.2 Å². The fourth-order valence-electron chi connectivity index (χ4n) is 3.60. The quantitative estimate of drug-likeness (QED) is 0.774. The molecule has 6 nitrogen and oxygen atoms in total. The highest BCUT2D eigenvalue weighted by atomic mass is 16.2. The van der Waals surface area contributed by atoms with Crippen molar-refractivity contribution in [3.63, 3.8) is 0 Å². The van der Waals surface area contributed by atoms with E-state index < -0.39 is 0 Å². The number of amides is 2. The first-order valence-electron chi connectivity index (χ1n) is 8.83. The molecule has 1 aromatic rings. The Kier molecular flexibility index (Phi) is 5.06. The van der Waals surface area contributed by atoms with Crippen LogP contribution in [0.5, 0.6) is 0 Å². The smallest absolute Gasteiger partial charge is 0.250 e. The lowest BCUT2D eigenvalue weighted by molar-refractivity contribution is -0.139. The second-order valence-electron chi connectivity index (χ2n) is 7.17.